The Kier molecular flexibility index (Phi) is 5.40. The van der Waals surface area contributed by atoms with E-state index in [0.717, 1.165) is 0 Å². The molecule has 0 aromatic rings. The minimum Gasteiger partial charge on any atom is -0.451 e. The van der Waals surface area contributed by atoms with Gasteiger partial charge in [0.05, 0.1) is 6.61 Å². The van der Waals surface area contributed by atoms with Crippen LogP contribution in [0.15, 0.2) is 0 Å². The summed E-state index contributed by atoms with van der Waals surface area (Å²) in [6.45, 7) is -0.300. The normalized spacial score (nSPS) is 33.7. The molecule has 1 spiro atoms. The second-order valence-electron chi connectivity index (χ2n) is 6.21. The fraction of sp³-hybridized carbons (Fsp3) is 0.923. The summed E-state index contributed by atoms with van der Waals surface area (Å²) >= 11 is 0. The van der Waals surface area contributed by atoms with Gasteiger partial charge < -0.3 is 14.2 Å². The van der Waals surface area contributed by atoms with Gasteiger partial charge in [-0.2, -0.15) is 17.2 Å². The van der Waals surface area contributed by atoms with Crippen LogP contribution in [0.25, 0.3) is 0 Å². The Hall–Kier alpha value is -0.980. The van der Waals surface area contributed by atoms with Gasteiger partial charge in [-0.05, 0) is 19.3 Å². The fourth-order valence-corrected chi connectivity index (χ4v) is 2.91. The highest BCUT2D eigenvalue weighted by Crippen LogP contribution is 2.41. The van der Waals surface area contributed by atoms with Gasteiger partial charge in [-0.1, -0.05) is 6.92 Å². The van der Waals surface area contributed by atoms with Crippen molar-refractivity contribution in [3.63, 3.8) is 0 Å². The molecule has 7 nitrogen and oxygen atoms in total. The maximum absolute atomic E-state index is 13.8. The molecule has 12 heteroatoms. The van der Waals surface area contributed by atoms with Crippen molar-refractivity contribution < 1.29 is 49.5 Å². The summed E-state index contributed by atoms with van der Waals surface area (Å²) in [5, 5.41) is -5.19. The van der Waals surface area contributed by atoms with Gasteiger partial charge in [0.25, 0.3) is 5.92 Å². The fourth-order valence-electron chi connectivity index (χ4n) is 2.65. The van der Waals surface area contributed by atoms with E-state index in [1.807, 2.05) is 0 Å². The van der Waals surface area contributed by atoms with E-state index in [0.29, 0.717) is 12.8 Å². The van der Waals surface area contributed by atoms with Crippen LogP contribution < -0.4 is 0 Å². The first kappa shape index (κ1) is 20.3. The Morgan fingerprint density at radius 1 is 1.28 bits per heavy atom. The van der Waals surface area contributed by atoms with E-state index in [1.165, 1.54) is 6.92 Å². The minimum atomic E-state index is -6.04. The molecule has 0 radical (unpaired) electrons. The van der Waals surface area contributed by atoms with Gasteiger partial charge in [0.15, 0.2) is 6.10 Å². The van der Waals surface area contributed by atoms with Crippen molar-refractivity contribution in [2.75, 3.05) is 13.2 Å². The average molecular weight is 394 g/mol. The van der Waals surface area contributed by atoms with Crippen LogP contribution in [0.5, 0.6) is 0 Å². The topological polar surface area (TPSA) is 99.1 Å². The third-order valence-electron chi connectivity index (χ3n) is 4.35. The van der Waals surface area contributed by atoms with Crippen molar-refractivity contribution in [2.45, 2.75) is 55.7 Å². The number of hydrogen-bond donors (Lipinski definition) is 1. The lowest BCUT2D eigenvalue weighted by Crippen LogP contribution is -2.53. The van der Waals surface area contributed by atoms with Crippen LogP contribution in [0, 0.1) is 5.92 Å². The number of carbonyl (C=O) groups is 1. The zero-order valence-electron chi connectivity index (χ0n) is 13.2. The van der Waals surface area contributed by atoms with Crippen molar-refractivity contribution in [2.24, 2.45) is 5.92 Å². The van der Waals surface area contributed by atoms with Crippen LogP contribution in [-0.4, -0.2) is 55.2 Å². The summed E-state index contributed by atoms with van der Waals surface area (Å²) in [6.07, 6.45) is -0.709. The van der Waals surface area contributed by atoms with E-state index in [2.05, 4.69) is 4.74 Å². The van der Waals surface area contributed by atoms with Gasteiger partial charge in [0.1, 0.15) is 6.61 Å². The van der Waals surface area contributed by atoms with Gasteiger partial charge in [-0.3, -0.25) is 4.55 Å². The minimum absolute atomic E-state index is 0.00515. The summed E-state index contributed by atoms with van der Waals surface area (Å²) in [7, 11) is -6.04. The monoisotopic (exact) mass is 394 g/mol. The third-order valence-corrected chi connectivity index (χ3v) is 5.17. The van der Waals surface area contributed by atoms with E-state index in [4.69, 9.17) is 14.0 Å². The molecule has 1 heterocycles. The van der Waals surface area contributed by atoms with E-state index < -0.39 is 58.3 Å². The molecular formula is C13H18F4O7S. The molecule has 0 aromatic carbocycles. The van der Waals surface area contributed by atoms with Crippen LogP contribution in [0.2, 0.25) is 0 Å². The van der Waals surface area contributed by atoms with Gasteiger partial charge in [0, 0.05) is 12.3 Å². The molecule has 1 saturated heterocycles. The number of hydrogen-bond acceptors (Lipinski definition) is 6. The maximum Gasteiger partial charge on any atom is 0.465 e. The first-order valence-electron chi connectivity index (χ1n) is 7.53. The number of halogens is 4. The van der Waals surface area contributed by atoms with Crippen molar-refractivity contribution in [3.8, 4) is 0 Å². The molecule has 1 saturated carbocycles. The summed E-state index contributed by atoms with van der Waals surface area (Å²) in [4.78, 5) is 11.5. The largest absolute Gasteiger partial charge is 0.465 e. The van der Waals surface area contributed by atoms with Crippen molar-refractivity contribution >= 4 is 16.1 Å². The lowest BCUT2D eigenvalue weighted by atomic mass is 9.90. The molecule has 0 aromatic heterocycles. The SMILES string of the molecule is CC1COC2(CCCCC2OC(=O)C(F)(F)S(=O)(=O)O)OCC1(F)F. The van der Waals surface area contributed by atoms with Gasteiger partial charge in [-0.15, -0.1) is 0 Å². The highest BCUT2D eigenvalue weighted by molar-refractivity contribution is 7.87. The summed E-state index contributed by atoms with van der Waals surface area (Å²) in [5.41, 5.74) is 0. The van der Waals surface area contributed by atoms with Crippen molar-refractivity contribution in [1.29, 1.82) is 0 Å². The Labute approximate surface area is 141 Å². The van der Waals surface area contributed by atoms with Crippen LogP contribution in [0.3, 0.4) is 0 Å². The third kappa shape index (κ3) is 3.91. The molecule has 2 fully saturated rings. The average Bonchev–Trinajstić information content (AvgIpc) is 2.61. The van der Waals surface area contributed by atoms with Gasteiger partial charge >= 0.3 is 21.3 Å². The summed E-state index contributed by atoms with van der Waals surface area (Å²) in [6, 6.07) is 0. The van der Waals surface area contributed by atoms with Crippen LogP contribution in [0.4, 0.5) is 17.6 Å². The molecule has 0 bridgehead atoms. The quantitative estimate of drug-likeness (QED) is 0.444. The molecule has 3 atom stereocenters. The van der Waals surface area contributed by atoms with Crippen molar-refractivity contribution in [1.82, 2.24) is 0 Å². The van der Waals surface area contributed by atoms with Crippen LogP contribution >= 0.6 is 0 Å². The molecule has 1 aliphatic carbocycles. The molecule has 1 N–H and O–H groups in total. The predicted molar refractivity (Wildman–Crippen MR) is 73.6 cm³/mol. The Morgan fingerprint density at radius 2 is 1.92 bits per heavy atom. The zero-order chi connectivity index (χ0) is 19.1. The molecule has 146 valence electrons. The molecule has 2 rings (SSSR count). The molecule has 2 aliphatic rings. The predicted octanol–water partition coefficient (Wildman–Crippen LogP) is 1.97. The summed E-state index contributed by atoms with van der Waals surface area (Å²) < 4.78 is 99.0. The highest BCUT2D eigenvalue weighted by Gasteiger charge is 2.58. The molecule has 1 aliphatic heterocycles. The van der Waals surface area contributed by atoms with E-state index in [9.17, 15) is 30.8 Å². The molecular weight excluding hydrogens is 376 g/mol. The number of ether oxygens (including phenoxy) is 3. The first-order chi connectivity index (χ1) is 11.3. The van der Waals surface area contributed by atoms with Crippen LogP contribution in [-0.2, 0) is 29.1 Å². The Morgan fingerprint density at radius 3 is 2.52 bits per heavy atom. The van der Waals surface area contributed by atoms with Gasteiger partial charge in [-0.25, -0.2) is 13.6 Å². The standard InChI is InChI=1S/C13H18F4O7S/c1-8-6-22-12(23-7-11(8,14)15)5-3-2-4-9(12)24-10(18)13(16,17)25(19,20)21/h8-9H,2-7H2,1H3,(H,19,20,21). The Balaban J connectivity index is 2.22. The number of esters is 1. The van der Waals surface area contributed by atoms with Crippen LogP contribution in [0.1, 0.15) is 32.6 Å². The number of alkyl halides is 4. The summed E-state index contributed by atoms with van der Waals surface area (Å²) in [5.74, 6) is -8.83. The van der Waals surface area contributed by atoms with Crippen molar-refractivity contribution in [3.05, 3.63) is 0 Å². The maximum atomic E-state index is 13.8. The lowest BCUT2D eigenvalue weighted by Gasteiger charge is -2.41. The van der Waals surface area contributed by atoms with E-state index in [-0.39, 0.29) is 12.8 Å². The molecule has 25 heavy (non-hydrogen) atoms. The number of carbonyl (C=O) groups excluding carboxylic acids is 1. The molecule has 0 amide bonds. The van der Waals surface area contributed by atoms with E-state index in [1.54, 1.807) is 0 Å². The number of rotatable bonds is 3. The second kappa shape index (κ2) is 6.63. The molecule has 3 unspecified atom stereocenters. The Bertz CT molecular complexity index is 624. The first-order valence-corrected chi connectivity index (χ1v) is 8.97. The smallest absolute Gasteiger partial charge is 0.451 e. The van der Waals surface area contributed by atoms with Gasteiger partial charge in [0.2, 0.25) is 5.79 Å². The van der Waals surface area contributed by atoms with E-state index >= 15 is 0 Å². The lowest BCUT2D eigenvalue weighted by molar-refractivity contribution is -0.299. The second-order valence-corrected chi connectivity index (χ2v) is 7.67. The highest BCUT2D eigenvalue weighted by atomic mass is 32.2. The zero-order valence-corrected chi connectivity index (χ0v) is 14.0.